The number of hydrogen-bond acceptors (Lipinski definition) is 5. The first kappa shape index (κ1) is 31.4. The first-order valence-electron chi connectivity index (χ1n) is 14.5. The van der Waals surface area contributed by atoms with Crippen molar-refractivity contribution in [3.63, 3.8) is 0 Å². The number of nitriles is 1. The molecule has 0 aliphatic carbocycles. The minimum absolute atomic E-state index is 0.171. The van der Waals surface area contributed by atoms with E-state index in [0.29, 0.717) is 30.0 Å². The third-order valence-electron chi connectivity index (χ3n) is 6.92. The van der Waals surface area contributed by atoms with Crippen molar-refractivity contribution in [3.8, 4) is 23.7 Å². The maximum atomic E-state index is 12.7. The molecule has 0 aliphatic heterocycles. The topological polar surface area (TPSA) is 100 Å². The van der Waals surface area contributed by atoms with E-state index in [4.69, 9.17) is 4.74 Å². The van der Waals surface area contributed by atoms with Crippen molar-refractivity contribution in [2.75, 3.05) is 19.0 Å². The number of urea groups is 1. The van der Waals surface area contributed by atoms with Crippen molar-refractivity contribution in [2.45, 2.75) is 39.2 Å². The highest BCUT2D eigenvalue weighted by molar-refractivity contribution is 5.90. The lowest BCUT2D eigenvalue weighted by Crippen LogP contribution is -2.28. The van der Waals surface area contributed by atoms with Crippen molar-refractivity contribution in [2.24, 2.45) is 0 Å². The van der Waals surface area contributed by atoms with Gasteiger partial charge in [-0.2, -0.15) is 5.26 Å². The van der Waals surface area contributed by atoms with Crippen LogP contribution in [0, 0.1) is 23.2 Å². The molecule has 7 heteroatoms. The average Bonchev–Trinajstić information content (AvgIpc) is 3.06. The van der Waals surface area contributed by atoms with E-state index in [0.717, 1.165) is 34.2 Å². The first-order valence-corrected chi connectivity index (χ1v) is 14.5. The standard InChI is InChI=1S/C37H35N3O4/c1-3-4-5-27-6-8-28(9-7-27)10-11-29-12-14-30(15-13-29)22-33-23-32(24-38)18-21-35(33)40-37(42)39-25-31-16-19-34(20-17-31)44-26-36(41)43-2/h6-9,12-21,23H,3-5,22,25-26H2,1-2H3,(H2,39,40,42). The third kappa shape index (κ3) is 9.79. The summed E-state index contributed by atoms with van der Waals surface area (Å²) in [6.45, 7) is 2.32. The number of anilines is 1. The number of hydrogen-bond donors (Lipinski definition) is 2. The third-order valence-corrected chi connectivity index (χ3v) is 6.92. The van der Waals surface area contributed by atoms with Crippen LogP contribution < -0.4 is 15.4 Å². The van der Waals surface area contributed by atoms with Gasteiger partial charge in [-0.05, 0) is 96.1 Å². The van der Waals surface area contributed by atoms with Crippen LogP contribution in [0.1, 0.15) is 58.7 Å². The highest BCUT2D eigenvalue weighted by Crippen LogP contribution is 2.22. The summed E-state index contributed by atoms with van der Waals surface area (Å²) >= 11 is 0. The van der Waals surface area contributed by atoms with Gasteiger partial charge in [0.05, 0.1) is 18.7 Å². The molecule has 2 N–H and O–H groups in total. The minimum Gasteiger partial charge on any atom is -0.482 e. The molecule has 2 amide bonds. The fraction of sp³-hybridized carbons (Fsp3) is 0.216. The molecule has 4 aromatic carbocycles. The van der Waals surface area contributed by atoms with Crippen molar-refractivity contribution in [1.29, 1.82) is 5.26 Å². The monoisotopic (exact) mass is 585 g/mol. The summed E-state index contributed by atoms with van der Waals surface area (Å²) in [5.74, 6) is 6.53. The van der Waals surface area contributed by atoms with Crippen LogP contribution in [0.4, 0.5) is 10.5 Å². The summed E-state index contributed by atoms with van der Waals surface area (Å²) in [6, 6.07) is 30.5. The van der Waals surface area contributed by atoms with Crippen LogP contribution in [0.2, 0.25) is 0 Å². The van der Waals surface area contributed by atoms with Gasteiger partial charge in [-0.25, -0.2) is 9.59 Å². The van der Waals surface area contributed by atoms with E-state index < -0.39 is 5.97 Å². The number of nitrogens with one attached hydrogen (secondary N) is 2. The van der Waals surface area contributed by atoms with Gasteiger partial charge in [-0.3, -0.25) is 0 Å². The molecule has 0 heterocycles. The van der Waals surface area contributed by atoms with Gasteiger partial charge in [-0.1, -0.05) is 61.6 Å². The molecule has 222 valence electrons. The molecule has 0 bridgehead atoms. The second-order valence-electron chi connectivity index (χ2n) is 10.2. The molecule has 4 rings (SSSR count). The molecule has 0 aromatic heterocycles. The molecule has 0 unspecified atom stereocenters. The zero-order valence-electron chi connectivity index (χ0n) is 25.0. The molecule has 0 atom stereocenters. The van der Waals surface area contributed by atoms with Gasteiger partial charge in [-0.15, -0.1) is 0 Å². The fourth-order valence-corrected chi connectivity index (χ4v) is 4.39. The van der Waals surface area contributed by atoms with Gasteiger partial charge in [0, 0.05) is 23.4 Å². The number of nitrogens with zero attached hydrogens (tertiary/aromatic N) is 1. The molecule has 0 radical (unpaired) electrons. The number of aryl methyl sites for hydroxylation is 1. The highest BCUT2D eigenvalue weighted by atomic mass is 16.6. The van der Waals surface area contributed by atoms with E-state index in [2.05, 4.69) is 64.5 Å². The number of carbonyl (C=O) groups excluding carboxylic acids is 2. The van der Waals surface area contributed by atoms with E-state index in [-0.39, 0.29) is 12.6 Å². The Bertz CT molecular complexity index is 1660. The number of unbranched alkanes of at least 4 members (excludes halogenated alkanes) is 1. The summed E-state index contributed by atoms with van der Waals surface area (Å²) in [5, 5.41) is 15.2. The van der Waals surface area contributed by atoms with Crippen molar-refractivity contribution < 1.29 is 19.1 Å². The molecule has 7 nitrogen and oxygen atoms in total. The van der Waals surface area contributed by atoms with Crippen LogP contribution in [0.5, 0.6) is 5.75 Å². The lowest BCUT2D eigenvalue weighted by molar-refractivity contribution is -0.142. The molecule has 0 spiro atoms. The summed E-state index contributed by atoms with van der Waals surface area (Å²) < 4.78 is 9.91. The zero-order chi connectivity index (χ0) is 31.1. The maximum Gasteiger partial charge on any atom is 0.343 e. The summed E-state index contributed by atoms with van der Waals surface area (Å²) in [4.78, 5) is 24.0. The molecule has 0 aliphatic rings. The summed E-state index contributed by atoms with van der Waals surface area (Å²) in [5.41, 5.74) is 7.09. The van der Waals surface area contributed by atoms with Crippen LogP contribution in [0.25, 0.3) is 0 Å². The van der Waals surface area contributed by atoms with E-state index in [9.17, 15) is 14.9 Å². The van der Waals surface area contributed by atoms with Gasteiger partial charge in [0.25, 0.3) is 0 Å². The Morgan fingerprint density at radius 1 is 0.795 bits per heavy atom. The lowest BCUT2D eigenvalue weighted by Gasteiger charge is -2.13. The molecule has 0 fully saturated rings. The second kappa shape index (κ2) is 16.2. The average molecular weight is 586 g/mol. The quantitative estimate of drug-likeness (QED) is 0.150. The predicted molar refractivity (Wildman–Crippen MR) is 171 cm³/mol. The molecule has 44 heavy (non-hydrogen) atoms. The Morgan fingerprint density at radius 2 is 1.41 bits per heavy atom. The molecular weight excluding hydrogens is 550 g/mol. The Morgan fingerprint density at radius 3 is 2.02 bits per heavy atom. The first-order chi connectivity index (χ1) is 21.4. The van der Waals surface area contributed by atoms with Crippen molar-refractivity contribution in [1.82, 2.24) is 5.32 Å². The van der Waals surface area contributed by atoms with E-state index >= 15 is 0 Å². The number of benzene rings is 4. The van der Waals surface area contributed by atoms with Crippen LogP contribution in [0.15, 0.2) is 91.0 Å². The smallest absolute Gasteiger partial charge is 0.343 e. The normalized spacial score (nSPS) is 10.1. The van der Waals surface area contributed by atoms with Gasteiger partial charge >= 0.3 is 12.0 Å². The number of carbonyl (C=O) groups is 2. The number of amides is 2. The van der Waals surface area contributed by atoms with E-state index in [1.54, 1.807) is 42.5 Å². The SMILES string of the molecule is CCCCc1ccc(C#Cc2ccc(Cc3cc(C#N)ccc3NC(=O)NCc3ccc(OCC(=O)OC)cc3)cc2)cc1. The van der Waals surface area contributed by atoms with Crippen molar-refractivity contribution in [3.05, 3.63) is 130 Å². The van der Waals surface area contributed by atoms with Crippen LogP contribution in [0.3, 0.4) is 0 Å². The summed E-state index contributed by atoms with van der Waals surface area (Å²) in [6.07, 6.45) is 4.00. The van der Waals surface area contributed by atoms with Crippen LogP contribution in [-0.2, 0) is 28.9 Å². The number of rotatable bonds is 11. The number of ether oxygens (including phenoxy) is 2. The lowest BCUT2D eigenvalue weighted by atomic mass is 10.00. The fourth-order valence-electron chi connectivity index (χ4n) is 4.39. The largest absolute Gasteiger partial charge is 0.482 e. The number of esters is 1. The van der Waals surface area contributed by atoms with Crippen LogP contribution in [-0.4, -0.2) is 25.7 Å². The molecular formula is C37H35N3O4. The highest BCUT2D eigenvalue weighted by Gasteiger charge is 2.10. The maximum absolute atomic E-state index is 12.7. The number of methoxy groups -OCH3 is 1. The Kier molecular flexibility index (Phi) is 11.6. The molecule has 0 saturated carbocycles. The van der Waals surface area contributed by atoms with Crippen LogP contribution >= 0.6 is 0 Å². The molecule has 0 saturated heterocycles. The Balaban J connectivity index is 1.35. The van der Waals surface area contributed by atoms with E-state index in [1.807, 2.05) is 24.3 Å². The zero-order valence-corrected chi connectivity index (χ0v) is 25.0. The minimum atomic E-state index is -0.462. The predicted octanol–water partition coefficient (Wildman–Crippen LogP) is 6.76. The van der Waals surface area contributed by atoms with Gasteiger partial charge < -0.3 is 20.1 Å². The van der Waals surface area contributed by atoms with Gasteiger partial charge in [0.2, 0.25) is 0 Å². The summed E-state index contributed by atoms with van der Waals surface area (Å²) in [7, 11) is 1.30. The second-order valence-corrected chi connectivity index (χ2v) is 10.2. The van der Waals surface area contributed by atoms with Gasteiger partial charge in [0.15, 0.2) is 6.61 Å². The molecule has 4 aromatic rings. The Labute approximate surface area is 258 Å². The Hall–Kier alpha value is -5.53. The van der Waals surface area contributed by atoms with Gasteiger partial charge in [0.1, 0.15) is 5.75 Å². The van der Waals surface area contributed by atoms with E-state index in [1.165, 1.54) is 25.5 Å². The van der Waals surface area contributed by atoms with Crippen molar-refractivity contribution >= 4 is 17.7 Å².